The number of ether oxygens (including phenoxy) is 3. The van der Waals surface area contributed by atoms with Crippen LogP contribution in [0.15, 0.2) is 12.1 Å². The number of halogens is 3. The molecule has 0 atom stereocenters. The summed E-state index contributed by atoms with van der Waals surface area (Å²) in [5, 5.41) is 0.195. The van der Waals surface area contributed by atoms with Crippen molar-refractivity contribution >= 4 is 17.5 Å². The Morgan fingerprint density at radius 2 is 1.92 bits per heavy atom. The van der Waals surface area contributed by atoms with Crippen LogP contribution in [0.3, 0.4) is 0 Å². The fourth-order valence-electron chi connectivity index (χ4n) is 2.21. The third kappa shape index (κ3) is 6.96. The molecule has 5 nitrogen and oxygen atoms in total. The molecule has 148 valence electrons. The van der Waals surface area contributed by atoms with Gasteiger partial charge in [0.2, 0.25) is 0 Å². The SMILES string of the molecule is COCCN(CC(F)F)C(=O)c1cc(Cl)c(OCCC(C)C)c(OC)c1. The zero-order valence-electron chi connectivity index (χ0n) is 15.6. The standard InChI is InChI=1S/C18H26ClF2NO4/c1-12(2)5-7-26-17-14(19)9-13(10-15(17)25-4)18(23)22(6-8-24-3)11-16(20)21/h9-10,12,16H,5-8,11H2,1-4H3. The van der Waals surface area contributed by atoms with Gasteiger partial charge in [-0.3, -0.25) is 4.79 Å². The Balaban J connectivity index is 3.03. The lowest BCUT2D eigenvalue weighted by Gasteiger charge is -2.23. The molecule has 1 aromatic carbocycles. The molecule has 1 rings (SSSR count). The van der Waals surface area contributed by atoms with Gasteiger partial charge in [-0.05, 0) is 24.5 Å². The van der Waals surface area contributed by atoms with Crippen LogP contribution in [-0.2, 0) is 4.74 Å². The Bertz CT molecular complexity index is 585. The van der Waals surface area contributed by atoms with Crippen molar-refractivity contribution in [2.45, 2.75) is 26.7 Å². The number of nitrogens with zero attached hydrogens (tertiary/aromatic N) is 1. The van der Waals surface area contributed by atoms with Crippen LogP contribution in [-0.4, -0.2) is 57.8 Å². The van der Waals surface area contributed by atoms with Crippen LogP contribution in [0.2, 0.25) is 5.02 Å². The lowest BCUT2D eigenvalue weighted by molar-refractivity contribution is 0.0478. The van der Waals surface area contributed by atoms with Crippen molar-refractivity contribution in [2.24, 2.45) is 5.92 Å². The van der Waals surface area contributed by atoms with E-state index in [-0.39, 0.29) is 29.5 Å². The first-order valence-corrected chi connectivity index (χ1v) is 8.74. The van der Waals surface area contributed by atoms with Crippen molar-refractivity contribution < 1.29 is 27.8 Å². The number of alkyl halides is 2. The highest BCUT2D eigenvalue weighted by atomic mass is 35.5. The van der Waals surface area contributed by atoms with Crippen molar-refractivity contribution in [3.63, 3.8) is 0 Å². The molecule has 0 unspecified atom stereocenters. The van der Waals surface area contributed by atoms with Crippen molar-refractivity contribution in [1.29, 1.82) is 0 Å². The molecule has 0 N–H and O–H groups in total. The van der Waals surface area contributed by atoms with Gasteiger partial charge in [0.1, 0.15) is 0 Å². The van der Waals surface area contributed by atoms with E-state index in [1.807, 2.05) is 0 Å². The fourth-order valence-corrected chi connectivity index (χ4v) is 2.47. The minimum Gasteiger partial charge on any atom is -0.493 e. The van der Waals surface area contributed by atoms with Gasteiger partial charge in [0.25, 0.3) is 12.3 Å². The molecule has 0 bridgehead atoms. The van der Waals surface area contributed by atoms with Crippen molar-refractivity contribution in [2.75, 3.05) is 40.5 Å². The highest BCUT2D eigenvalue weighted by molar-refractivity contribution is 6.32. The lowest BCUT2D eigenvalue weighted by atomic mass is 10.1. The Labute approximate surface area is 158 Å². The van der Waals surface area contributed by atoms with Crippen molar-refractivity contribution in [3.8, 4) is 11.5 Å². The summed E-state index contributed by atoms with van der Waals surface area (Å²) >= 11 is 6.24. The van der Waals surface area contributed by atoms with Crippen LogP contribution in [0.4, 0.5) is 8.78 Å². The van der Waals surface area contributed by atoms with E-state index in [9.17, 15) is 13.6 Å². The summed E-state index contributed by atoms with van der Waals surface area (Å²) in [5.41, 5.74) is 0.153. The topological polar surface area (TPSA) is 48.0 Å². The fraction of sp³-hybridized carbons (Fsp3) is 0.611. The highest BCUT2D eigenvalue weighted by Gasteiger charge is 2.22. The van der Waals surface area contributed by atoms with Crippen LogP contribution in [0.5, 0.6) is 11.5 Å². The highest BCUT2D eigenvalue weighted by Crippen LogP contribution is 2.37. The summed E-state index contributed by atoms with van der Waals surface area (Å²) in [7, 11) is 2.87. The summed E-state index contributed by atoms with van der Waals surface area (Å²) in [4.78, 5) is 13.6. The minimum atomic E-state index is -2.65. The molecule has 1 amide bonds. The maximum Gasteiger partial charge on any atom is 0.255 e. The number of benzene rings is 1. The summed E-state index contributed by atoms with van der Waals surface area (Å²) in [6.07, 6.45) is -1.81. The second-order valence-corrected chi connectivity index (χ2v) is 6.56. The smallest absolute Gasteiger partial charge is 0.255 e. The second-order valence-electron chi connectivity index (χ2n) is 6.16. The number of carbonyl (C=O) groups excluding carboxylic acids is 1. The Morgan fingerprint density at radius 1 is 1.23 bits per heavy atom. The Kier molecular flexibility index (Phi) is 9.65. The largest absolute Gasteiger partial charge is 0.493 e. The zero-order chi connectivity index (χ0) is 19.7. The first-order valence-electron chi connectivity index (χ1n) is 8.36. The van der Waals surface area contributed by atoms with Gasteiger partial charge in [-0.2, -0.15) is 0 Å². The summed E-state index contributed by atoms with van der Waals surface area (Å²) in [6, 6.07) is 2.85. The molecule has 26 heavy (non-hydrogen) atoms. The third-order valence-electron chi connectivity index (χ3n) is 3.63. The molecular formula is C18H26ClF2NO4. The average Bonchev–Trinajstić information content (AvgIpc) is 2.58. The maximum absolute atomic E-state index is 12.8. The molecule has 8 heteroatoms. The first kappa shape index (κ1) is 22.4. The van der Waals surface area contributed by atoms with Gasteiger partial charge in [0, 0.05) is 19.2 Å². The molecule has 0 spiro atoms. The number of hydrogen-bond acceptors (Lipinski definition) is 4. The van der Waals surface area contributed by atoms with Gasteiger partial charge < -0.3 is 19.1 Å². The maximum atomic E-state index is 12.8. The molecule has 0 aliphatic heterocycles. The van der Waals surface area contributed by atoms with Crippen LogP contribution in [0, 0.1) is 5.92 Å². The van der Waals surface area contributed by atoms with Crippen LogP contribution < -0.4 is 9.47 Å². The summed E-state index contributed by atoms with van der Waals surface area (Å²) in [6.45, 7) is 4.11. The Morgan fingerprint density at radius 3 is 2.46 bits per heavy atom. The van der Waals surface area contributed by atoms with Crippen LogP contribution in [0.1, 0.15) is 30.6 Å². The number of amides is 1. The molecular weight excluding hydrogens is 368 g/mol. The van der Waals surface area contributed by atoms with E-state index in [0.29, 0.717) is 18.3 Å². The lowest BCUT2D eigenvalue weighted by Crippen LogP contribution is -2.37. The van der Waals surface area contributed by atoms with E-state index >= 15 is 0 Å². The quantitative estimate of drug-likeness (QED) is 0.567. The molecule has 0 saturated heterocycles. The molecule has 1 aromatic rings. The molecule has 0 heterocycles. The normalized spacial score (nSPS) is 11.1. The van der Waals surface area contributed by atoms with Gasteiger partial charge in [0.05, 0.1) is 31.9 Å². The van der Waals surface area contributed by atoms with Crippen LogP contribution in [0.25, 0.3) is 0 Å². The first-order chi connectivity index (χ1) is 12.3. The van der Waals surface area contributed by atoms with E-state index in [4.69, 9.17) is 25.8 Å². The van der Waals surface area contributed by atoms with E-state index in [1.54, 1.807) is 0 Å². The molecule has 0 radical (unpaired) electrons. The van der Waals surface area contributed by atoms with Gasteiger partial charge in [-0.25, -0.2) is 8.78 Å². The third-order valence-corrected chi connectivity index (χ3v) is 3.91. The summed E-state index contributed by atoms with van der Waals surface area (Å²) in [5.74, 6) is 0.512. The van der Waals surface area contributed by atoms with E-state index < -0.39 is 18.9 Å². The average molecular weight is 394 g/mol. The van der Waals surface area contributed by atoms with Gasteiger partial charge in [-0.15, -0.1) is 0 Å². The second kappa shape index (κ2) is 11.2. The van der Waals surface area contributed by atoms with E-state index in [1.165, 1.54) is 26.4 Å². The van der Waals surface area contributed by atoms with Gasteiger partial charge in [-0.1, -0.05) is 25.4 Å². The predicted molar refractivity (Wildman–Crippen MR) is 96.7 cm³/mol. The molecule has 0 aromatic heterocycles. The molecule has 0 fully saturated rings. The molecule has 0 saturated carbocycles. The predicted octanol–water partition coefficient (Wildman–Crippen LogP) is 4.13. The number of hydrogen-bond donors (Lipinski definition) is 0. The van der Waals surface area contributed by atoms with Crippen LogP contribution >= 0.6 is 11.6 Å². The Hall–Kier alpha value is -1.60. The van der Waals surface area contributed by atoms with Gasteiger partial charge in [0.15, 0.2) is 11.5 Å². The van der Waals surface area contributed by atoms with Crippen molar-refractivity contribution in [1.82, 2.24) is 4.90 Å². The number of carbonyl (C=O) groups is 1. The van der Waals surface area contributed by atoms with Gasteiger partial charge >= 0.3 is 0 Å². The molecule has 0 aliphatic rings. The number of rotatable bonds is 11. The van der Waals surface area contributed by atoms with E-state index in [2.05, 4.69) is 13.8 Å². The summed E-state index contributed by atoms with van der Waals surface area (Å²) < 4.78 is 41.4. The molecule has 0 aliphatic carbocycles. The number of methoxy groups -OCH3 is 2. The zero-order valence-corrected chi connectivity index (χ0v) is 16.3. The monoisotopic (exact) mass is 393 g/mol. The minimum absolute atomic E-state index is 0.0479. The van der Waals surface area contributed by atoms with Crippen molar-refractivity contribution in [3.05, 3.63) is 22.7 Å². The van der Waals surface area contributed by atoms with E-state index in [0.717, 1.165) is 11.3 Å².